The lowest BCUT2D eigenvalue weighted by Crippen LogP contribution is -2.48. The third-order valence-corrected chi connectivity index (χ3v) is 5.19. The molecule has 0 saturated carbocycles. The Morgan fingerprint density at radius 3 is 2.52 bits per heavy atom. The van der Waals surface area contributed by atoms with Crippen LogP contribution in [0.1, 0.15) is 44.2 Å². The first-order chi connectivity index (χ1) is 14.8. The molecule has 2 N–H and O–H groups in total. The number of likely N-dealkylation sites (tertiary alicyclic amines) is 1. The quantitative estimate of drug-likeness (QED) is 0.285. The summed E-state index contributed by atoms with van der Waals surface area (Å²) in [6.07, 6.45) is 5.08. The van der Waals surface area contributed by atoms with Gasteiger partial charge in [-0.15, -0.1) is 24.0 Å². The normalized spacial score (nSPS) is 15.2. The van der Waals surface area contributed by atoms with Crippen LogP contribution in [0.2, 0.25) is 0 Å². The lowest BCUT2D eigenvalue weighted by molar-refractivity contribution is 0.198. The lowest BCUT2D eigenvalue weighted by Gasteiger charge is -2.33. The van der Waals surface area contributed by atoms with Gasteiger partial charge in [0, 0.05) is 44.5 Å². The minimum absolute atomic E-state index is 0. The lowest BCUT2D eigenvalue weighted by atomic mass is 10.0. The van der Waals surface area contributed by atoms with Crippen molar-refractivity contribution in [2.24, 2.45) is 4.99 Å². The number of pyridine rings is 1. The highest BCUT2D eigenvalue weighted by molar-refractivity contribution is 14.0. The first-order valence-corrected chi connectivity index (χ1v) is 11.2. The highest BCUT2D eigenvalue weighted by atomic mass is 127. The Hall–Kier alpha value is -1.87. The maximum absolute atomic E-state index is 5.55. The molecule has 0 bridgehead atoms. The van der Waals surface area contributed by atoms with E-state index in [0.717, 1.165) is 57.0 Å². The maximum Gasteiger partial charge on any atom is 0.213 e. The van der Waals surface area contributed by atoms with Crippen LogP contribution in [0.4, 0.5) is 0 Å². The van der Waals surface area contributed by atoms with Gasteiger partial charge in [0.05, 0.1) is 13.2 Å². The molecule has 0 atom stereocenters. The van der Waals surface area contributed by atoms with Gasteiger partial charge in [-0.05, 0) is 37.3 Å². The number of benzene rings is 1. The predicted octanol–water partition coefficient (Wildman–Crippen LogP) is 4.21. The van der Waals surface area contributed by atoms with Crippen LogP contribution in [-0.4, -0.2) is 48.1 Å². The number of nitrogens with zero attached hydrogens (tertiary/aromatic N) is 3. The molecule has 31 heavy (non-hydrogen) atoms. The summed E-state index contributed by atoms with van der Waals surface area (Å²) in [4.78, 5) is 11.7. The summed E-state index contributed by atoms with van der Waals surface area (Å²) < 4.78 is 5.55. The van der Waals surface area contributed by atoms with Crippen LogP contribution in [0.25, 0.3) is 0 Å². The second kappa shape index (κ2) is 14.2. The summed E-state index contributed by atoms with van der Waals surface area (Å²) >= 11 is 0. The molecule has 2 aromatic rings. The molecule has 1 aromatic carbocycles. The first-order valence-electron chi connectivity index (χ1n) is 11.2. The van der Waals surface area contributed by atoms with Crippen molar-refractivity contribution in [3.05, 3.63) is 59.8 Å². The van der Waals surface area contributed by atoms with Crippen LogP contribution in [0.15, 0.2) is 53.7 Å². The number of rotatable bonds is 9. The van der Waals surface area contributed by atoms with E-state index in [1.807, 2.05) is 18.3 Å². The van der Waals surface area contributed by atoms with Crippen LogP contribution in [0.5, 0.6) is 5.88 Å². The van der Waals surface area contributed by atoms with E-state index in [0.29, 0.717) is 25.1 Å². The number of hydrogen-bond acceptors (Lipinski definition) is 4. The average Bonchev–Trinajstić information content (AvgIpc) is 2.79. The second-order valence-corrected chi connectivity index (χ2v) is 7.73. The number of halogens is 1. The Morgan fingerprint density at radius 2 is 1.87 bits per heavy atom. The summed E-state index contributed by atoms with van der Waals surface area (Å²) in [6.45, 7) is 9.58. The van der Waals surface area contributed by atoms with E-state index in [1.54, 1.807) is 0 Å². The molecule has 0 radical (unpaired) electrons. The van der Waals surface area contributed by atoms with Crippen molar-refractivity contribution in [2.45, 2.75) is 52.2 Å². The number of aliphatic imine (C=N–C) groups is 1. The van der Waals surface area contributed by atoms with Gasteiger partial charge in [0.25, 0.3) is 0 Å². The number of nitrogens with one attached hydrogen (secondary N) is 2. The Kier molecular flexibility index (Phi) is 11.7. The van der Waals surface area contributed by atoms with Crippen LogP contribution in [-0.2, 0) is 13.1 Å². The second-order valence-electron chi connectivity index (χ2n) is 7.73. The molecule has 1 saturated heterocycles. The zero-order valence-corrected chi connectivity index (χ0v) is 21.0. The van der Waals surface area contributed by atoms with E-state index in [-0.39, 0.29) is 24.0 Å². The zero-order valence-electron chi connectivity index (χ0n) is 18.7. The summed E-state index contributed by atoms with van der Waals surface area (Å²) in [5, 5.41) is 6.99. The standard InChI is InChI=1S/C24H35N5O.HI/c1-3-16-30-23-11-10-21(17-26-23)18-27-24(25-4-2)28-22-12-14-29(15-13-22)19-20-8-6-5-7-9-20;/h5-11,17,22H,3-4,12-16,18-19H2,1-2H3,(H2,25,27,28);1H. The topological polar surface area (TPSA) is 61.8 Å². The third-order valence-electron chi connectivity index (χ3n) is 5.19. The van der Waals surface area contributed by atoms with E-state index in [4.69, 9.17) is 9.73 Å². The summed E-state index contributed by atoms with van der Waals surface area (Å²) in [6, 6.07) is 15.1. The molecule has 2 heterocycles. The molecule has 7 heteroatoms. The number of hydrogen-bond donors (Lipinski definition) is 2. The number of piperidine rings is 1. The largest absolute Gasteiger partial charge is 0.478 e. The molecular formula is C24H36IN5O. The Balaban J connectivity index is 0.00000341. The highest BCUT2D eigenvalue weighted by Crippen LogP contribution is 2.14. The fourth-order valence-corrected chi connectivity index (χ4v) is 3.56. The number of ether oxygens (including phenoxy) is 1. The summed E-state index contributed by atoms with van der Waals surface area (Å²) in [5.74, 6) is 1.56. The van der Waals surface area contributed by atoms with Gasteiger partial charge in [-0.25, -0.2) is 9.98 Å². The SMILES string of the molecule is CCCOc1ccc(CN=C(NCC)NC2CCN(Cc3ccccc3)CC2)cn1.I. The van der Waals surface area contributed by atoms with E-state index in [1.165, 1.54) is 5.56 Å². The molecule has 0 spiro atoms. The van der Waals surface area contributed by atoms with Crippen LogP contribution in [0.3, 0.4) is 0 Å². The molecule has 1 aliphatic heterocycles. The van der Waals surface area contributed by atoms with E-state index in [2.05, 4.69) is 64.7 Å². The van der Waals surface area contributed by atoms with Crippen molar-refractivity contribution in [2.75, 3.05) is 26.2 Å². The van der Waals surface area contributed by atoms with Gasteiger partial charge in [0.15, 0.2) is 5.96 Å². The van der Waals surface area contributed by atoms with Crippen molar-refractivity contribution < 1.29 is 4.74 Å². The van der Waals surface area contributed by atoms with E-state index in [9.17, 15) is 0 Å². The van der Waals surface area contributed by atoms with Gasteiger partial charge in [-0.1, -0.05) is 43.3 Å². The molecule has 3 rings (SSSR count). The van der Waals surface area contributed by atoms with Crippen LogP contribution >= 0.6 is 24.0 Å². The Morgan fingerprint density at radius 1 is 1.10 bits per heavy atom. The monoisotopic (exact) mass is 537 g/mol. The average molecular weight is 537 g/mol. The van der Waals surface area contributed by atoms with Crippen LogP contribution in [0, 0.1) is 0 Å². The molecule has 0 amide bonds. The summed E-state index contributed by atoms with van der Waals surface area (Å²) in [5.41, 5.74) is 2.47. The molecule has 1 aromatic heterocycles. The first kappa shape index (κ1) is 25.4. The summed E-state index contributed by atoms with van der Waals surface area (Å²) in [7, 11) is 0. The highest BCUT2D eigenvalue weighted by Gasteiger charge is 2.20. The fraction of sp³-hybridized carbons (Fsp3) is 0.500. The minimum Gasteiger partial charge on any atom is -0.478 e. The van der Waals surface area contributed by atoms with Gasteiger partial charge in [-0.2, -0.15) is 0 Å². The zero-order chi connectivity index (χ0) is 21.0. The third kappa shape index (κ3) is 9.03. The van der Waals surface area contributed by atoms with Gasteiger partial charge in [0.2, 0.25) is 5.88 Å². The Labute approximate surface area is 203 Å². The molecule has 1 aliphatic rings. The fourth-order valence-electron chi connectivity index (χ4n) is 3.56. The predicted molar refractivity (Wildman–Crippen MR) is 138 cm³/mol. The minimum atomic E-state index is 0. The maximum atomic E-state index is 5.55. The van der Waals surface area contributed by atoms with Crippen LogP contribution < -0.4 is 15.4 Å². The molecule has 170 valence electrons. The molecule has 6 nitrogen and oxygen atoms in total. The van der Waals surface area contributed by atoms with Gasteiger partial charge < -0.3 is 15.4 Å². The van der Waals surface area contributed by atoms with Gasteiger partial charge >= 0.3 is 0 Å². The van der Waals surface area contributed by atoms with Crippen molar-refractivity contribution in [3.8, 4) is 5.88 Å². The number of aromatic nitrogens is 1. The molecule has 1 fully saturated rings. The van der Waals surface area contributed by atoms with Crippen molar-refractivity contribution in [1.82, 2.24) is 20.5 Å². The number of guanidine groups is 1. The van der Waals surface area contributed by atoms with Crippen molar-refractivity contribution >= 4 is 29.9 Å². The smallest absolute Gasteiger partial charge is 0.213 e. The van der Waals surface area contributed by atoms with Crippen molar-refractivity contribution in [3.63, 3.8) is 0 Å². The molecule has 0 unspecified atom stereocenters. The molecular weight excluding hydrogens is 501 g/mol. The van der Waals surface area contributed by atoms with E-state index >= 15 is 0 Å². The van der Waals surface area contributed by atoms with Crippen molar-refractivity contribution in [1.29, 1.82) is 0 Å². The van der Waals surface area contributed by atoms with Gasteiger partial charge in [-0.3, -0.25) is 4.90 Å². The Bertz CT molecular complexity index is 761. The van der Waals surface area contributed by atoms with E-state index < -0.39 is 0 Å². The van der Waals surface area contributed by atoms with Gasteiger partial charge in [0.1, 0.15) is 0 Å². The molecule has 0 aliphatic carbocycles.